The zero-order chi connectivity index (χ0) is 28.3. The van der Waals surface area contributed by atoms with Gasteiger partial charge in [0.25, 0.3) is 0 Å². The van der Waals surface area contributed by atoms with Crippen LogP contribution in [0, 0.1) is 6.57 Å². The molecule has 9 nitrogen and oxygen atoms in total. The highest BCUT2D eigenvalue weighted by Crippen LogP contribution is 2.39. The lowest BCUT2D eigenvalue weighted by Gasteiger charge is -2.39. The van der Waals surface area contributed by atoms with Crippen LogP contribution in [0.2, 0.25) is 0 Å². The van der Waals surface area contributed by atoms with Crippen molar-refractivity contribution in [1.29, 1.82) is 0 Å². The molecular formula is C31H35N7O2S. The van der Waals surface area contributed by atoms with E-state index in [9.17, 15) is 4.79 Å². The zero-order valence-corrected chi connectivity index (χ0v) is 24.3. The summed E-state index contributed by atoms with van der Waals surface area (Å²) < 4.78 is 6.24. The third-order valence-corrected chi connectivity index (χ3v) is 9.62. The third kappa shape index (κ3) is 5.61. The van der Waals surface area contributed by atoms with Crippen LogP contribution in [-0.2, 0) is 11.2 Å². The van der Waals surface area contributed by atoms with E-state index >= 15 is 0 Å². The number of likely N-dealkylation sites (tertiary alicyclic amines) is 1. The Kier molecular flexibility index (Phi) is 8.08. The van der Waals surface area contributed by atoms with Gasteiger partial charge in [0.2, 0.25) is 12.5 Å². The molecule has 2 aromatic heterocycles. The van der Waals surface area contributed by atoms with Crippen LogP contribution in [0.25, 0.3) is 27.0 Å². The van der Waals surface area contributed by atoms with Crippen molar-refractivity contribution in [2.75, 3.05) is 57.0 Å². The number of thioether (sulfide) groups is 1. The molecule has 3 aliphatic heterocycles. The monoisotopic (exact) mass is 569 g/mol. The molecule has 0 unspecified atom stereocenters. The molecule has 5 heterocycles. The van der Waals surface area contributed by atoms with Crippen molar-refractivity contribution in [2.45, 2.75) is 42.7 Å². The lowest BCUT2D eigenvalue weighted by molar-refractivity contribution is -0.128. The lowest BCUT2D eigenvalue weighted by atomic mass is 10.0. The fourth-order valence-corrected chi connectivity index (χ4v) is 7.30. The molecule has 212 valence electrons. The molecular weight excluding hydrogens is 534 g/mol. The number of rotatable bonds is 7. The van der Waals surface area contributed by atoms with Crippen LogP contribution in [0.15, 0.2) is 48.0 Å². The van der Waals surface area contributed by atoms with E-state index in [1.54, 1.807) is 4.90 Å². The van der Waals surface area contributed by atoms with Gasteiger partial charge in [0.15, 0.2) is 5.82 Å². The van der Waals surface area contributed by atoms with Crippen molar-refractivity contribution in [3.8, 4) is 17.1 Å². The standard InChI is InChI=1S/C31H35N7O2S/c1-4-27(39)38-14-13-37(19-24(38)18-32-2)30-28-26(34-31(35-30)40-20-23-10-6-12-36(23)3)16-22(17-33-28)25-11-5-8-21-9-7-15-41-29(21)25/h4-5,8,11,16-17,23-24H,1,6-7,9-10,12-15,18-20H2,3H3/t23-,24-/m0/s1. The molecule has 0 saturated carbocycles. The smallest absolute Gasteiger partial charge is 0.319 e. The molecule has 1 amide bonds. The van der Waals surface area contributed by atoms with Gasteiger partial charge in [-0.15, -0.1) is 11.8 Å². The average molecular weight is 570 g/mol. The van der Waals surface area contributed by atoms with Crippen LogP contribution < -0.4 is 9.64 Å². The van der Waals surface area contributed by atoms with Gasteiger partial charge in [0, 0.05) is 42.3 Å². The number of pyridine rings is 1. The highest BCUT2D eigenvalue weighted by atomic mass is 32.2. The SMILES string of the molecule is [C-]#[N+]C[C@H]1CN(c2nc(OC[C@@H]3CCCN3C)nc3cc(-c4cccc5c4SCCC5)cnc23)CCN1C(=O)C=C. The fourth-order valence-electron chi connectivity index (χ4n) is 6.11. The molecule has 41 heavy (non-hydrogen) atoms. The maximum Gasteiger partial charge on any atom is 0.319 e. The molecule has 0 aliphatic carbocycles. The summed E-state index contributed by atoms with van der Waals surface area (Å²) in [5, 5.41) is 0. The molecule has 3 aliphatic rings. The van der Waals surface area contributed by atoms with Gasteiger partial charge in [0.1, 0.15) is 18.2 Å². The third-order valence-electron chi connectivity index (χ3n) is 8.36. The summed E-state index contributed by atoms with van der Waals surface area (Å²) in [4.78, 5) is 38.3. The average Bonchev–Trinajstić information content (AvgIpc) is 3.43. The Labute approximate surface area is 245 Å². The van der Waals surface area contributed by atoms with E-state index in [2.05, 4.69) is 52.5 Å². The number of aryl methyl sites for hydroxylation is 1. The van der Waals surface area contributed by atoms with E-state index in [1.165, 1.54) is 28.5 Å². The Morgan fingerprint density at radius 3 is 2.95 bits per heavy atom. The van der Waals surface area contributed by atoms with E-state index < -0.39 is 0 Å². The van der Waals surface area contributed by atoms with Crippen LogP contribution in [0.3, 0.4) is 0 Å². The van der Waals surface area contributed by atoms with Crippen LogP contribution >= 0.6 is 11.8 Å². The minimum atomic E-state index is -0.264. The number of carbonyl (C=O) groups excluding carboxylic acids is 1. The summed E-state index contributed by atoms with van der Waals surface area (Å²) in [7, 11) is 2.13. The first-order chi connectivity index (χ1) is 20.1. The largest absolute Gasteiger partial charge is 0.462 e. The number of anilines is 1. The van der Waals surface area contributed by atoms with E-state index in [-0.39, 0.29) is 18.5 Å². The molecule has 3 aromatic rings. The van der Waals surface area contributed by atoms with Crippen molar-refractivity contribution in [1.82, 2.24) is 24.8 Å². The Morgan fingerprint density at radius 1 is 1.24 bits per heavy atom. The number of aromatic nitrogens is 3. The maximum absolute atomic E-state index is 12.5. The number of ether oxygens (including phenoxy) is 1. The maximum atomic E-state index is 12.5. The second-order valence-electron chi connectivity index (χ2n) is 10.9. The Balaban J connectivity index is 1.38. The molecule has 0 bridgehead atoms. The van der Waals surface area contributed by atoms with Crippen LogP contribution in [0.4, 0.5) is 5.82 Å². The van der Waals surface area contributed by atoms with Gasteiger partial charge in [-0.2, -0.15) is 9.97 Å². The minimum absolute atomic E-state index is 0.151. The predicted octanol–water partition coefficient (Wildman–Crippen LogP) is 4.33. The Bertz CT molecular complexity index is 1510. The number of hydrogen-bond acceptors (Lipinski definition) is 8. The van der Waals surface area contributed by atoms with Gasteiger partial charge in [-0.25, -0.2) is 6.57 Å². The van der Waals surface area contributed by atoms with Gasteiger partial charge in [-0.3, -0.25) is 9.78 Å². The van der Waals surface area contributed by atoms with Crippen LogP contribution in [0.5, 0.6) is 6.01 Å². The van der Waals surface area contributed by atoms with Crippen molar-refractivity contribution in [3.05, 3.63) is 60.1 Å². The predicted molar refractivity (Wildman–Crippen MR) is 162 cm³/mol. The number of amides is 1. The number of hydrogen-bond donors (Lipinski definition) is 0. The molecule has 6 rings (SSSR count). The minimum Gasteiger partial charge on any atom is -0.462 e. The first-order valence-corrected chi connectivity index (χ1v) is 15.3. The Morgan fingerprint density at radius 2 is 2.15 bits per heavy atom. The normalized spacial score (nSPS) is 21.0. The topological polar surface area (TPSA) is 79.1 Å². The fraction of sp³-hybridized carbons (Fsp3) is 0.452. The van der Waals surface area contributed by atoms with Crippen molar-refractivity contribution in [3.63, 3.8) is 0 Å². The molecule has 2 fully saturated rings. The number of benzene rings is 1. The summed E-state index contributed by atoms with van der Waals surface area (Å²) >= 11 is 1.91. The van der Waals surface area contributed by atoms with Crippen molar-refractivity contribution < 1.29 is 9.53 Å². The number of likely N-dealkylation sites (N-methyl/N-ethyl adjacent to an activating group) is 1. The summed E-state index contributed by atoms with van der Waals surface area (Å²) in [6.45, 7) is 14.4. The molecule has 2 atom stereocenters. The summed E-state index contributed by atoms with van der Waals surface area (Å²) in [5.74, 6) is 1.65. The highest BCUT2D eigenvalue weighted by Gasteiger charge is 2.33. The number of nitrogens with zero attached hydrogens (tertiary/aromatic N) is 7. The molecule has 0 N–H and O–H groups in total. The second-order valence-corrected chi connectivity index (χ2v) is 12.0. The number of carbonyl (C=O) groups is 1. The molecule has 2 saturated heterocycles. The van der Waals surface area contributed by atoms with Gasteiger partial charge in [-0.05, 0) is 68.3 Å². The zero-order valence-electron chi connectivity index (χ0n) is 23.5. The molecule has 0 spiro atoms. The van der Waals surface area contributed by atoms with E-state index in [4.69, 9.17) is 26.3 Å². The van der Waals surface area contributed by atoms with Gasteiger partial charge in [0.05, 0.1) is 5.52 Å². The summed E-state index contributed by atoms with van der Waals surface area (Å²) in [5.41, 5.74) is 5.03. The quantitative estimate of drug-likeness (QED) is 0.308. The van der Waals surface area contributed by atoms with Crippen LogP contribution in [-0.4, -0.2) is 94.9 Å². The van der Waals surface area contributed by atoms with Gasteiger partial charge in [-0.1, -0.05) is 24.8 Å². The second kappa shape index (κ2) is 12.0. The van der Waals surface area contributed by atoms with Crippen molar-refractivity contribution >= 4 is 34.5 Å². The molecule has 0 radical (unpaired) electrons. The number of fused-ring (bicyclic) bond motifs is 2. The summed E-state index contributed by atoms with van der Waals surface area (Å²) in [6.07, 6.45) is 7.80. The van der Waals surface area contributed by atoms with E-state index in [0.29, 0.717) is 49.6 Å². The van der Waals surface area contributed by atoms with Gasteiger partial charge >= 0.3 is 6.01 Å². The first-order valence-electron chi connectivity index (χ1n) is 14.3. The van der Waals surface area contributed by atoms with Gasteiger partial charge < -0.3 is 24.3 Å². The molecule has 1 aromatic carbocycles. The van der Waals surface area contributed by atoms with Crippen molar-refractivity contribution in [2.24, 2.45) is 0 Å². The number of piperazine rings is 1. The van der Waals surface area contributed by atoms with E-state index in [0.717, 1.165) is 42.6 Å². The molecule has 10 heteroatoms. The lowest BCUT2D eigenvalue weighted by Crippen LogP contribution is -2.56. The highest BCUT2D eigenvalue weighted by molar-refractivity contribution is 7.99. The Hall–Kier alpha value is -3.68. The summed E-state index contributed by atoms with van der Waals surface area (Å²) in [6, 6.07) is 9.03. The first kappa shape index (κ1) is 27.5. The van der Waals surface area contributed by atoms with Crippen LogP contribution in [0.1, 0.15) is 24.8 Å². The van der Waals surface area contributed by atoms with E-state index in [1.807, 2.05) is 18.0 Å².